The number of likely N-dealkylation sites (N-methyl/N-ethyl adjacent to an activating group) is 1. The summed E-state index contributed by atoms with van der Waals surface area (Å²) >= 11 is 0. The Morgan fingerprint density at radius 1 is 0.968 bits per heavy atom. The van der Waals surface area contributed by atoms with Gasteiger partial charge < -0.3 is 10.2 Å². The fourth-order valence-electron chi connectivity index (χ4n) is 4.29. The Balaban J connectivity index is 1.46. The van der Waals surface area contributed by atoms with E-state index in [1.54, 1.807) is 24.3 Å². The van der Waals surface area contributed by atoms with E-state index in [1.165, 1.54) is 22.9 Å². The van der Waals surface area contributed by atoms with Gasteiger partial charge >= 0.3 is 0 Å². The number of hydrogen-bond donors (Lipinski definition) is 1. The second-order valence-electron chi connectivity index (χ2n) is 8.11. The molecule has 0 radical (unpaired) electrons. The summed E-state index contributed by atoms with van der Waals surface area (Å²) in [6.07, 6.45) is 4.81. The van der Waals surface area contributed by atoms with E-state index >= 15 is 0 Å². The number of nitrogens with one attached hydrogen (secondary N) is 1. The zero-order valence-electron chi connectivity index (χ0n) is 17.5. The SMILES string of the molecule is CN(CC(=O)Nc1ccccc1)C(=O)c1ccc2c(c1)C(=O)N(C1CCCCC1)C2=O. The number of carbonyl (C=O) groups excluding carboxylic acids is 4. The molecule has 0 aromatic heterocycles. The van der Waals surface area contributed by atoms with Crippen LogP contribution in [0, 0.1) is 0 Å². The predicted molar refractivity (Wildman–Crippen MR) is 116 cm³/mol. The molecule has 1 aliphatic heterocycles. The first-order chi connectivity index (χ1) is 15.0. The molecule has 1 fully saturated rings. The summed E-state index contributed by atoms with van der Waals surface area (Å²) in [6, 6.07) is 13.5. The highest BCUT2D eigenvalue weighted by Crippen LogP contribution is 2.31. The Bertz CT molecular complexity index is 1030. The van der Waals surface area contributed by atoms with Gasteiger partial charge in [-0.05, 0) is 43.2 Å². The van der Waals surface area contributed by atoms with Crippen molar-refractivity contribution >= 4 is 29.3 Å². The van der Waals surface area contributed by atoms with Crippen LogP contribution in [0.4, 0.5) is 5.69 Å². The van der Waals surface area contributed by atoms with Crippen LogP contribution in [0.15, 0.2) is 48.5 Å². The number of amides is 4. The minimum atomic E-state index is -0.387. The maximum Gasteiger partial charge on any atom is 0.261 e. The molecule has 2 aromatic rings. The molecule has 7 heteroatoms. The van der Waals surface area contributed by atoms with Crippen molar-refractivity contribution in [2.45, 2.75) is 38.1 Å². The molecule has 1 heterocycles. The fraction of sp³-hybridized carbons (Fsp3) is 0.333. The summed E-state index contributed by atoms with van der Waals surface area (Å²) in [7, 11) is 1.53. The van der Waals surface area contributed by atoms with Crippen molar-refractivity contribution in [2.24, 2.45) is 0 Å². The fourth-order valence-corrected chi connectivity index (χ4v) is 4.29. The molecule has 4 rings (SSSR count). The topological polar surface area (TPSA) is 86.8 Å². The number of anilines is 1. The first-order valence-corrected chi connectivity index (χ1v) is 10.6. The standard InChI is InChI=1S/C24H25N3O4/c1-26(15-21(28)25-17-8-4-2-5-9-17)22(29)16-12-13-19-20(14-16)24(31)27(23(19)30)18-10-6-3-7-11-18/h2,4-5,8-9,12-14,18H,3,6-7,10-11,15H2,1H3,(H,25,28). The van der Waals surface area contributed by atoms with Gasteiger partial charge in [-0.15, -0.1) is 0 Å². The van der Waals surface area contributed by atoms with Crippen LogP contribution in [0.2, 0.25) is 0 Å². The van der Waals surface area contributed by atoms with E-state index in [1.807, 2.05) is 18.2 Å². The van der Waals surface area contributed by atoms with E-state index in [0.717, 1.165) is 32.1 Å². The van der Waals surface area contributed by atoms with E-state index in [9.17, 15) is 19.2 Å². The zero-order valence-corrected chi connectivity index (χ0v) is 17.5. The highest BCUT2D eigenvalue weighted by atomic mass is 16.2. The number of carbonyl (C=O) groups is 4. The largest absolute Gasteiger partial charge is 0.332 e. The van der Waals surface area contributed by atoms with Gasteiger partial charge in [-0.2, -0.15) is 0 Å². The molecule has 4 amide bonds. The van der Waals surface area contributed by atoms with Gasteiger partial charge in [0, 0.05) is 24.3 Å². The van der Waals surface area contributed by atoms with E-state index in [4.69, 9.17) is 0 Å². The summed E-state index contributed by atoms with van der Waals surface area (Å²) in [4.78, 5) is 53.5. The first kappa shape index (κ1) is 20.8. The number of hydrogen-bond acceptors (Lipinski definition) is 4. The molecule has 0 bridgehead atoms. The Morgan fingerprint density at radius 3 is 2.35 bits per heavy atom. The van der Waals surface area contributed by atoms with Crippen molar-refractivity contribution in [3.8, 4) is 0 Å². The summed E-state index contributed by atoms with van der Waals surface area (Å²) < 4.78 is 0. The van der Waals surface area contributed by atoms with Gasteiger partial charge in [-0.3, -0.25) is 24.1 Å². The predicted octanol–water partition coefficient (Wildman–Crippen LogP) is 3.33. The van der Waals surface area contributed by atoms with E-state index in [2.05, 4.69) is 5.32 Å². The monoisotopic (exact) mass is 419 g/mol. The number of nitrogens with zero attached hydrogens (tertiary/aromatic N) is 2. The number of imide groups is 1. The van der Waals surface area contributed by atoms with E-state index in [-0.39, 0.29) is 47.3 Å². The van der Waals surface area contributed by atoms with Crippen LogP contribution in [0.25, 0.3) is 0 Å². The van der Waals surface area contributed by atoms with Gasteiger partial charge in [-0.25, -0.2) is 0 Å². The second kappa shape index (κ2) is 8.71. The lowest BCUT2D eigenvalue weighted by Crippen LogP contribution is -2.40. The van der Waals surface area contributed by atoms with Crippen LogP contribution in [-0.4, -0.2) is 53.1 Å². The van der Waals surface area contributed by atoms with Gasteiger partial charge in [0.2, 0.25) is 5.91 Å². The van der Waals surface area contributed by atoms with Crippen molar-refractivity contribution < 1.29 is 19.2 Å². The first-order valence-electron chi connectivity index (χ1n) is 10.6. The quantitative estimate of drug-likeness (QED) is 0.753. The molecule has 0 spiro atoms. The summed E-state index contributed by atoms with van der Waals surface area (Å²) in [5.74, 6) is -1.31. The number of benzene rings is 2. The molecule has 2 aromatic carbocycles. The molecule has 0 atom stereocenters. The minimum absolute atomic E-state index is 0.0651. The summed E-state index contributed by atoms with van der Waals surface area (Å²) in [5.41, 5.74) is 1.54. The molecule has 2 aliphatic rings. The van der Waals surface area contributed by atoms with Gasteiger partial charge in [-0.1, -0.05) is 37.5 Å². The lowest BCUT2D eigenvalue weighted by atomic mass is 9.94. The minimum Gasteiger partial charge on any atom is -0.332 e. The number of fused-ring (bicyclic) bond motifs is 1. The lowest BCUT2D eigenvalue weighted by Gasteiger charge is -2.29. The molecule has 160 valence electrons. The third-order valence-electron chi connectivity index (χ3n) is 5.89. The Hall–Kier alpha value is -3.48. The highest BCUT2D eigenvalue weighted by Gasteiger charge is 2.40. The van der Waals surface area contributed by atoms with E-state index in [0.29, 0.717) is 11.3 Å². The van der Waals surface area contributed by atoms with Crippen LogP contribution in [0.1, 0.15) is 63.2 Å². The highest BCUT2D eigenvalue weighted by molar-refractivity contribution is 6.22. The molecule has 31 heavy (non-hydrogen) atoms. The Kier molecular flexibility index (Phi) is 5.84. The molecule has 1 N–H and O–H groups in total. The summed E-state index contributed by atoms with van der Waals surface area (Å²) in [6.45, 7) is -0.133. The smallest absolute Gasteiger partial charge is 0.261 e. The van der Waals surface area contributed by atoms with Crippen molar-refractivity contribution in [1.29, 1.82) is 0 Å². The molecule has 1 aliphatic carbocycles. The summed E-state index contributed by atoms with van der Waals surface area (Å²) in [5, 5.41) is 2.74. The van der Waals surface area contributed by atoms with Crippen molar-refractivity contribution in [3.05, 3.63) is 65.2 Å². The molecule has 0 unspecified atom stereocenters. The Labute approximate surface area is 181 Å². The maximum atomic E-state index is 12.9. The van der Waals surface area contributed by atoms with Crippen LogP contribution < -0.4 is 5.32 Å². The van der Waals surface area contributed by atoms with E-state index < -0.39 is 0 Å². The molecule has 1 saturated carbocycles. The van der Waals surface area contributed by atoms with Crippen molar-refractivity contribution in [3.63, 3.8) is 0 Å². The third kappa shape index (κ3) is 4.21. The lowest BCUT2D eigenvalue weighted by molar-refractivity contribution is -0.116. The third-order valence-corrected chi connectivity index (χ3v) is 5.89. The number of rotatable bonds is 5. The van der Waals surface area contributed by atoms with Crippen molar-refractivity contribution in [2.75, 3.05) is 18.9 Å². The second-order valence-corrected chi connectivity index (χ2v) is 8.11. The molecular formula is C24H25N3O4. The normalized spacial score (nSPS) is 16.2. The molecule has 7 nitrogen and oxygen atoms in total. The maximum absolute atomic E-state index is 12.9. The van der Waals surface area contributed by atoms with Crippen LogP contribution in [0.5, 0.6) is 0 Å². The molecule has 0 saturated heterocycles. The average Bonchev–Trinajstić information content (AvgIpc) is 3.04. The van der Waals surface area contributed by atoms with Crippen LogP contribution in [0.3, 0.4) is 0 Å². The van der Waals surface area contributed by atoms with Crippen LogP contribution >= 0.6 is 0 Å². The molecular weight excluding hydrogens is 394 g/mol. The average molecular weight is 419 g/mol. The van der Waals surface area contributed by atoms with Gasteiger partial charge in [0.05, 0.1) is 17.7 Å². The zero-order chi connectivity index (χ0) is 22.0. The Morgan fingerprint density at radius 2 is 1.65 bits per heavy atom. The van der Waals surface area contributed by atoms with Crippen molar-refractivity contribution in [1.82, 2.24) is 9.80 Å². The van der Waals surface area contributed by atoms with Crippen LogP contribution in [-0.2, 0) is 4.79 Å². The van der Waals surface area contributed by atoms with Gasteiger partial charge in [0.25, 0.3) is 17.7 Å². The number of para-hydroxylation sites is 1. The van der Waals surface area contributed by atoms with Gasteiger partial charge in [0.1, 0.15) is 0 Å². The van der Waals surface area contributed by atoms with Gasteiger partial charge in [0.15, 0.2) is 0 Å².